The van der Waals surface area contributed by atoms with Gasteiger partial charge in [0.15, 0.2) is 9.34 Å². The van der Waals surface area contributed by atoms with Crippen molar-refractivity contribution in [1.82, 2.24) is 9.97 Å². The van der Waals surface area contributed by atoms with Gasteiger partial charge in [-0.1, -0.05) is 11.3 Å². The fourth-order valence-electron chi connectivity index (χ4n) is 1.17. The number of aromatic nitrogens is 2. The van der Waals surface area contributed by atoms with Crippen molar-refractivity contribution in [2.24, 2.45) is 0 Å². The number of halogens is 4. The topological polar surface area (TPSA) is 72.0 Å². The molecule has 0 aliphatic rings. The van der Waals surface area contributed by atoms with Crippen LogP contribution in [0.15, 0.2) is 28.7 Å². The van der Waals surface area contributed by atoms with Crippen LogP contribution in [0.5, 0.6) is 0 Å². The van der Waals surface area contributed by atoms with Crippen LogP contribution in [-0.4, -0.2) is 18.4 Å². The summed E-state index contributed by atoms with van der Waals surface area (Å²) < 4.78 is 58.9. The fourth-order valence-corrected chi connectivity index (χ4v) is 2.95. The van der Waals surface area contributed by atoms with E-state index in [2.05, 4.69) is 15.3 Å². The van der Waals surface area contributed by atoms with E-state index in [0.29, 0.717) is 6.20 Å². The molecular formula is C9H5ClF3N3O2S2. The lowest BCUT2D eigenvalue weighted by Gasteiger charge is -2.06. The molecule has 11 heteroatoms. The molecule has 0 saturated heterocycles. The number of pyridine rings is 1. The highest BCUT2D eigenvalue weighted by Gasteiger charge is 2.30. The predicted molar refractivity (Wildman–Crippen MR) is 67.7 cm³/mol. The standard InChI is InChI=1S/C9H5ClF3N3O2S2/c10-20(17,18)7-4-15-8(19-7)16-6-2-1-5(3-14-6)9(11,12)13/h1-4H,(H,14,15,16). The summed E-state index contributed by atoms with van der Waals surface area (Å²) in [5.74, 6) is 0.103. The molecule has 0 spiro atoms. The zero-order valence-electron chi connectivity index (χ0n) is 9.35. The van der Waals surface area contributed by atoms with Crippen LogP contribution in [0.3, 0.4) is 0 Å². The highest BCUT2D eigenvalue weighted by molar-refractivity contribution is 8.15. The molecule has 5 nitrogen and oxygen atoms in total. The Morgan fingerprint density at radius 3 is 2.35 bits per heavy atom. The van der Waals surface area contributed by atoms with Gasteiger partial charge in [0.1, 0.15) is 5.82 Å². The molecule has 0 radical (unpaired) electrons. The first-order valence-corrected chi connectivity index (χ1v) is 7.99. The lowest BCUT2D eigenvalue weighted by atomic mass is 10.3. The number of alkyl halides is 3. The molecule has 1 N–H and O–H groups in total. The molecule has 0 atom stereocenters. The Labute approximate surface area is 119 Å². The Balaban J connectivity index is 2.17. The number of rotatable bonds is 3. The molecule has 2 aromatic heterocycles. The number of anilines is 2. The van der Waals surface area contributed by atoms with Crippen molar-refractivity contribution < 1.29 is 21.6 Å². The fraction of sp³-hybridized carbons (Fsp3) is 0.111. The average Bonchev–Trinajstić information content (AvgIpc) is 2.77. The molecule has 108 valence electrons. The Bertz CT molecular complexity index is 713. The minimum Gasteiger partial charge on any atom is -0.316 e. The zero-order chi connectivity index (χ0) is 15.0. The molecule has 2 aromatic rings. The summed E-state index contributed by atoms with van der Waals surface area (Å²) in [5, 5.41) is 2.73. The highest BCUT2D eigenvalue weighted by atomic mass is 35.7. The van der Waals surface area contributed by atoms with E-state index in [4.69, 9.17) is 10.7 Å². The second-order valence-electron chi connectivity index (χ2n) is 3.48. The van der Waals surface area contributed by atoms with Crippen LogP contribution in [0.1, 0.15) is 5.56 Å². The molecule has 2 heterocycles. The van der Waals surface area contributed by atoms with E-state index in [-0.39, 0.29) is 15.2 Å². The Kier molecular flexibility index (Phi) is 3.89. The Morgan fingerprint density at radius 1 is 1.20 bits per heavy atom. The van der Waals surface area contributed by atoms with Gasteiger partial charge in [-0.15, -0.1) is 0 Å². The first-order chi connectivity index (χ1) is 9.16. The van der Waals surface area contributed by atoms with Gasteiger partial charge in [-0.25, -0.2) is 18.4 Å². The molecular weight excluding hydrogens is 339 g/mol. The smallest absolute Gasteiger partial charge is 0.316 e. The van der Waals surface area contributed by atoms with Gasteiger partial charge < -0.3 is 5.32 Å². The van der Waals surface area contributed by atoms with Crippen molar-refractivity contribution in [2.75, 3.05) is 5.32 Å². The van der Waals surface area contributed by atoms with E-state index >= 15 is 0 Å². The quantitative estimate of drug-likeness (QED) is 0.866. The van der Waals surface area contributed by atoms with E-state index in [1.165, 1.54) is 0 Å². The number of hydrogen-bond donors (Lipinski definition) is 1. The normalized spacial score (nSPS) is 12.4. The van der Waals surface area contributed by atoms with Gasteiger partial charge in [0.2, 0.25) is 0 Å². The summed E-state index contributed by atoms with van der Waals surface area (Å²) in [6, 6.07) is 1.96. The molecule has 0 aromatic carbocycles. The van der Waals surface area contributed by atoms with Gasteiger partial charge in [0.25, 0.3) is 9.05 Å². The second kappa shape index (κ2) is 5.19. The van der Waals surface area contributed by atoms with Crippen molar-refractivity contribution in [1.29, 1.82) is 0 Å². The van der Waals surface area contributed by atoms with E-state index in [1.54, 1.807) is 0 Å². The van der Waals surface area contributed by atoms with E-state index < -0.39 is 20.8 Å². The van der Waals surface area contributed by atoms with Crippen LogP contribution < -0.4 is 5.32 Å². The van der Waals surface area contributed by atoms with E-state index in [0.717, 1.165) is 29.7 Å². The number of nitrogens with zero attached hydrogens (tertiary/aromatic N) is 2. The van der Waals surface area contributed by atoms with Gasteiger partial charge in [-0.2, -0.15) is 13.2 Å². The lowest BCUT2D eigenvalue weighted by molar-refractivity contribution is -0.137. The zero-order valence-corrected chi connectivity index (χ0v) is 11.7. The monoisotopic (exact) mass is 343 g/mol. The minimum atomic E-state index is -4.47. The van der Waals surface area contributed by atoms with Gasteiger partial charge in [0.05, 0.1) is 11.8 Å². The third-order valence-electron chi connectivity index (χ3n) is 2.05. The van der Waals surface area contributed by atoms with E-state index in [9.17, 15) is 21.6 Å². The SMILES string of the molecule is O=S(=O)(Cl)c1cnc(Nc2ccc(C(F)(F)F)cn2)s1. The number of hydrogen-bond acceptors (Lipinski definition) is 6. The molecule has 0 aliphatic carbocycles. The van der Waals surface area contributed by atoms with Gasteiger partial charge >= 0.3 is 6.18 Å². The first kappa shape index (κ1) is 15.0. The van der Waals surface area contributed by atoms with Crippen LogP contribution >= 0.6 is 22.0 Å². The van der Waals surface area contributed by atoms with Gasteiger partial charge in [0, 0.05) is 16.9 Å². The maximum absolute atomic E-state index is 12.3. The summed E-state index contributed by atoms with van der Waals surface area (Å²) >= 11 is 0.740. The van der Waals surface area contributed by atoms with Crippen molar-refractivity contribution in [3.05, 3.63) is 30.1 Å². The van der Waals surface area contributed by atoms with Gasteiger partial charge in [-0.3, -0.25) is 0 Å². The summed E-state index contributed by atoms with van der Waals surface area (Å²) in [6.45, 7) is 0. The maximum atomic E-state index is 12.3. The van der Waals surface area contributed by atoms with Crippen LogP contribution in [0, 0.1) is 0 Å². The van der Waals surface area contributed by atoms with Crippen molar-refractivity contribution in [2.45, 2.75) is 10.4 Å². The summed E-state index contributed by atoms with van der Waals surface area (Å²) in [7, 11) is 1.24. The minimum absolute atomic E-state index is 0.103. The largest absolute Gasteiger partial charge is 0.417 e. The molecule has 0 amide bonds. The van der Waals surface area contributed by atoms with E-state index in [1.807, 2.05) is 0 Å². The van der Waals surface area contributed by atoms with Crippen molar-refractivity contribution in [3.63, 3.8) is 0 Å². The maximum Gasteiger partial charge on any atom is 0.417 e. The summed E-state index contributed by atoms with van der Waals surface area (Å²) in [6.07, 6.45) is -2.76. The first-order valence-electron chi connectivity index (χ1n) is 4.87. The molecule has 20 heavy (non-hydrogen) atoms. The third kappa shape index (κ3) is 3.58. The highest BCUT2D eigenvalue weighted by Crippen LogP contribution is 2.30. The van der Waals surface area contributed by atoms with Crippen molar-refractivity contribution >= 4 is 42.0 Å². The van der Waals surface area contributed by atoms with Crippen LogP contribution in [0.4, 0.5) is 24.1 Å². The molecule has 0 aliphatic heterocycles. The summed E-state index contributed by atoms with van der Waals surface area (Å²) in [5.41, 5.74) is -0.883. The van der Waals surface area contributed by atoms with Gasteiger partial charge in [-0.05, 0) is 12.1 Å². The molecule has 2 rings (SSSR count). The Hall–Kier alpha value is -1.39. The number of thiazole rings is 1. The van der Waals surface area contributed by atoms with Crippen LogP contribution in [-0.2, 0) is 15.2 Å². The van der Waals surface area contributed by atoms with Crippen LogP contribution in [0.2, 0.25) is 0 Å². The summed E-state index contributed by atoms with van der Waals surface area (Å²) in [4.78, 5) is 7.30. The van der Waals surface area contributed by atoms with Crippen molar-refractivity contribution in [3.8, 4) is 0 Å². The number of nitrogens with one attached hydrogen (secondary N) is 1. The molecule has 0 fully saturated rings. The lowest BCUT2D eigenvalue weighted by Crippen LogP contribution is -2.05. The molecule has 0 unspecified atom stereocenters. The van der Waals surface area contributed by atoms with Crippen LogP contribution in [0.25, 0.3) is 0 Å². The molecule has 0 saturated carbocycles. The molecule has 0 bridgehead atoms. The predicted octanol–water partition coefficient (Wildman–Crippen LogP) is 3.23. The average molecular weight is 344 g/mol. The third-order valence-corrected chi connectivity index (χ3v) is 5.03. The Morgan fingerprint density at radius 2 is 1.90 bits per heavy atom. The second-order valence-corrected chi connectivity index (χ2v) is 7.30.